The van der Waals surface area contributed by atoms with Gasteiger partial charge in [-0.25, -0.2) is 18.2 Å². The number of sulfonamides is 1. The van der Waals surface area contributed by atoms with Crippen molar-refractivity contribution in [2.24, 2.45) is 5.73 Å². The number of nitriles is 1. The normalized spacial score (nSPS) is 14.8. The second kappa shape index (κ2) is 8.98. The van der Waals surface area contributed by atoms with Crippen molar-refractivity contribution in [2.75, 3.05) is 42.6 Å². The smallest absolute Gasteiger partial charge is 0.410 e. The summed E-state index contributed by atoms with van der Waals surface area (Å²) in [5.41, 5.74) is 13.0. The number of aromatic nitrogens is 1. The van der Waals surface area contributed by atoms with Gasteiger partial charge in [-0.15, -0.1) is 0 Å². The first-order valence-electron chi connectivity index (χ1n) is 11.1. The molecule has 11 nitrogen and oxygen atoms in total. The number of pyridine rings is 1. The fraction of sp³-hybridized carbons (Fsp3) is 0.261. The van der Waals surface area contributed by atoms with Crippen LogP contribution in [-0.4, -0.2) is 55.7 Å². The van der Waals surface area contributed by atoms with Crippen molar-refractivity contribution in [1.82, 2.24) is 9.29 Å². The number of fused-ring (bicyclic) bond motifs is 2. The number of carbonyl (C=O) groups is 1. The zero-order chi connectivity index (χ0) is 25.6. The molecule has 0 unspecified atom stereocenters. The molecule has 1 amide bonds. The van der Waals surface area contributed by atoms with E-state index in [1.807, 2.05) is 35.2 Å². The lowest BCUT2D eigenvalue weighted by molar-refractivity contribution is 0.212. The molecule has 1 fully saturated rings. The van der Waals surface area contributed by atoms with Gasteiger partial charge < -0.3 is 25.5 Å². The van der Waals surface area contributed by atoms with Crippen molar-refractivity contribution in [3.05, 3.63) is 35.9 Å². The highest BCUT2D eigenvalue weighted by atomic mass is 32.2. The molecule has 1 aliphatic heterocycles. The number of thiophene rings is 1. The average molecular weight is 527 g/mol. The third-order valence-electron chi connectivity index (χ3n) is 6.10. The summed E-state index contributed by atoms with van der Waals surface area (Å²) < 4.78 is 37.3. The summed E-state index contributed by atoms with van der Waals surface area (Å²) in [7, 11) is -3.33. The Morgan fingerprint density at radius 2 is 2.00 bits per heavy atom. The van der Waals surface area contributed by atoms with Gasteiger partial charge in [0, 0.05) is 31.6 Å². The number of amides is 1. The lowest BCUT2D eigenvalue weighted by Gasteiger charge is -2.35. The van der Waals surface area contributed by atoms with Crippen LogP contribution >= 0.6 is 11.3 Å². The molecule has 1 aromatic carbocycles. The Balaban J connectivity index is 1.70. The summed E-state index contributed by atoms with van der Waals surface area (Å²) in [5, 5.41) is 11.6. The second-order valence-electron chi connectivity index (χ2n) is 8.14. The minimum absolute atomic E-state index is 0.0218. The minimum atomic E-state index is -3.33. The number of anilines is 2. The number of furan rings is 1. The van der Waals surface area contributed by atoms with Gasteiger partial charge in [-0.05, 0) is 19.1 Å². The average Bonchev–Trinajstić information content (AvgIpc) is 3.43. The quantitative estimate of drug-likeness (QED) is 0.397. The van der Waals surface area contributed by atoms with Crippen LogP contribution in [0.5, 0.6) is 5.06 Å². The van der Waals surface area contributed by atoms with E-state index in [1.165, 1.54) is 4.31 Å². The molecular formula is C23H22N6O5S2. The highest BCUT2D eigenvalue weighted by Gasteiger charge is 2.31. The van der Waals surface area contributed by atoms with E-state index in [-0.39, 0.29) is 35.2 Å². The predicted octanol–water partition coefficient (Wildman–Crippen LogP) is 3.09. The van der Waals surface area contributed by atoms with Crippen LogP contribution in [0, 0.1) is 11.3 Å². The Morgan fingerprint density at radius 3 is 2.64 bits per heavy atom. The third-order valence-corrected chi connectivity index (χ3v) is 8.96. The summed E-state index contributed by atoms with van der Waals surface area (Å²) in [6.45, 7) is 2.83. The lowest BCUT2D eigenvalue weighted by Crippen LogP contribution is -2.49. The molecule has 0 atom stereocenters. The van der Waals surface area contributed by atoms with Crippen molar-refractivity contribution in [2.45, 2.75) is 6.92 Å². The summed E-state index contributed by atoms with van der Waals surface area (Å²) in [6, 6.07) is 11.5. The molecule has 4 heterocycles. The summed E-state index contributed by atoms with van der Waals surface area (Å²) in [5.74, 6) is 0.804. The maximum atomic E-state index is 12.3. The topological polar surface area (TPSA) is 169 Å². The number of nitrogen functional groups attached to an aromatic ring is 1. The van der Waals surface area contributed by atoms with E-state index in [1.54, 1.807) is 6.92 Å². The van der Waals surface area contributed by atoms with E-state index in [9.17, 15) is 18.5 Å². The van der Waals surface area contributed by atoms with E-state index < -0.39 is 16.1 Å². The van der Waals surface area contributed by atoms with E-state index in [2.05, 4.69) is 6.07 Å². The van der Waals surface area contributed by atoms with Gasteiger partial charge >= 0.3 is 6.09 Å². The summed E-state index contributed by atoms with van der Waals surface area (Å²) in [4.78, 5) is 18.4. The Kier molecular flexibility index (Phi) is 5.95. The van der Waals surface area contributed by atoms with Gasteiger partial charge in [0.2, 0.25) is 15.1 Å². The molecule has 0 bridgehead atoms. The van der Waals surface area contributed by atoms with E-state index >= 15 is 0 Å². The SMILES string of the molecule is CCS(=O)(=O)N1CCN(c2nc3sc(OC(N)=O)c(N)c3c(-c3cc4ccccc4o3)c2C#N)CC1. The van der Waals surface area contributed by atoms with Crippen molar-refractivity contribution >= 4 is 60.1 Å². The molecule has 5 rings (SSSR count). The van der Waals surface area contributed by atoms with Gasteiger partial charge in [0.15, 0.2) is 0 Å². The first-order chi connectivity index (χ1) is 17.2. The highest BCUT2D eigenvalue weighted by Crippen LogP contribution is 2.48. The molecule has 0 saturated carbocycles. The molecule has 4 N–H and O–H groups in total. The largest absolute Gasteiger partial charge is 0.456 e. The van der Waals surface area contributed by atoms with Crippen molar-refractivity contribution in [3.63, 3.8) is 0 Å². The van der Waals surface area contributed by atoms with Gasteiger partial charge in [0.25, 0.3) is 0 Å². The number of hydrogen-bond acceptors (Lipinski definition) is 10. The van der Waals surface area contributed by atoms with Gasteiger partial charge in [0.1, 0.15) is 33.6 Å². The number of hydrogen-bond donors (Lipinski definition) is 2. The molecular weight excluding hydrogens is 504 g/mol. The number of carbonyl (C=O) groups excluding carboxylic acids is 1. The van der Waals surface area contributed by atoms with Gasteiger partial charge in [0.05, 0.1) is 22.4 Å². The van der Waals surface area contributed by atoms with Crippen LogP contribution in [0.25, 0.3) is 32.5 Å². The first kappa shape index (κ1) is 23.9. The van der Waals surface area contributed by atoms with Crippen molar-refractivity contribution < 1.29 is 22.4 Å². The molecule has 186 valence electrons. The number of para-hydroxylation sites is 1. The number of primary amides is 1. The van der Waals surface area contributed by atoms with Gasteiger partial charge in [-0.2, -0.15) is 9.57 Å². The second-order valence-corrected chi connectivity index (χ2v) is 11.4. The van der Waals surface area contributed by atoms with Crippen LogP contribution in [0.2, 0.25) is 0 Å². The number of benzene rings is 1. The molecule has 1 aliphatic rings. The van der Waals surface area contributed by atoms with E-state index in [4.69, 9.17) is 25.6 Å². The van der Waals surface area contributed by atoms with Gasteiger partial charge in [-0.3, -0.25) is 0 Å². The predicted molar refractivity (Wildman–Crippen MR) is 137 cm³/mol. The number of ether oxygens (including phenoxy) is 1. The summed E-state index contributed by atoms with van der Waals surface area (Å²) >= 11 is 1.03. The van der Waals surface area contributed by atoms with E-state index in [0.29, 0.717) is 46.0 Å². The molecule has 4 aromatic rings. The first-order valence-corrected chi connectivity index (χ1v) is 13.5. The Labute approximate surface area is 210 Å². The number of piperazine rings is 1. The van der Waals surface area contributed by atoms with Gasteiger partial charge in [-0.1, -0.05) is 29.5 Å². The maximum absolute atomic E-state index is 12.3. The van der Waals surface area contributed by atoms with Crippen molar-refractivity contribution in [3.8, 4) is 22.5 Å². The standard InChI is InChI=1S/C23H22N6O5S2/c1-2-36(31,32)29-9-7-28(8-10-29)20-14(12-24)17(16-11-13-5-3-4-6-15(13)33-16)18-19(25)22(34-23(26)30)35-21(18)27-20/h3-6,11H,2,7-10,25H2,1H3,(H2,26,30). The molecule has 36 heavy (non-hydrogen) atoms. The third kappa shape index (κ3) is 3.98. The molecule has 3 aromatic heterocycles. The molecule has 0 spiro atoms. The fourth-order valence-electron chi connectivity index (χ4n) is 4.33. The van der Waals surface area contributed by atoms with Crippen LogP contribution < -0.4 is 21.1 Å². The Bertz CT molecular complexity index is 1610. The Morgan fingerprint density at radius 1 is 1.28 bits per heavy atom. The highest BCUT2D eigenvalue weighted by molar-refractivity contribution is 7.89. The van der Waals surface area contributed by atoms with Crippen LogP contribution in [0.15, 0.2) is 34.7 Å². The molecule has 13 heteroatoms. The Hall–Kier alpha value is -3.86. The molecule has 0 radical (unpaired) electrons. The van der Waals surface area contributed by atoms with Crippen LogP contribution in [0.4, 0.5) is 16.3 Å². The zero-order valence-corrected chi connectivity index (χ0v) is 20.9. The number of nitrogens with zero attached hydrogens (tertiary/aromatic N) is 4. The number of rotatable bonds is 5. The van der Waals surface area contributed by atoms with Crippen LogP contribution in [0.1, 0.15) is 12.5 Å². The maximum Gasteiger partial charge on any atom is 0.410 e. The lowest BCUT2D eigenvalue weighted by atomic mass is 10.0. The zero-order valence-electron chi connectivity index (χ0n) is 19.2. The minimum Gasteiger partial charge on any atom is -0.456 e. The van der Waals surface area contributed by atoms with Crippen LogP contribution in [-0.2, 0) is 10.0 Å². The molecule has 1 saturated heterocycles. The van der Waals surface area contributed by atoms with Crippen LogP contribution in [0.3, 0.4) is 0 Å². The van der Waals surface area contributed by atoms with E-state index in [0.717, 1.165) is 16.7 Å². The fourth-order valence-corrected chi connectivity index (χ4v) is 6.38. The van der Waals surface area contributed by atoms with Crippen molar-refractivity contribution in [1.29, 1.82) is 5.26 Å². The monoisotopic (exact) mass is 526 g/mol. The summed E-state index contributed by atoms with van der Waals surface area (Å²) in [6.07, 6.45) is -1.02. The molecule has 0 aliphatic carbocycles. The number of nitrogens with two attached hydrogens (primary N) is 2.